The fourth-order valence-corrected chi connectivity index (χ4v) is 3.03. The maximum absolute atomic E-state index is 12.6. The Hall–Kier alpha value is -2.95. The first kappa shape index (κ1) is 17.9. The standard InChI is InChI=1S/C21H23N3O2/c1-15(12-13-17-8-4-3-5-9-17)22-20(25)14-24-16(2)23-19-11-7-6-10-18(19)21(24)26/h3-11,15H,12-14H2,1-2H3,(H,22,25)/t15-/m0/s1. The smallest absolute Gasteiger partial charge is 0.261 e. The van der Waals surface area contributed by atoms with Crippen LogP contribution in [0, 0.1) is 6.92 Å². The second-order valence-electron chi connectivity index (χ2n) is 6.56. The number of carbonyl (C=O) groups excluding carboxylic acids is 1. The molecule has 2 aromatic carbocycles. The summed E-state index contributed by atoms with van der Waals surface area (Å²) in [6.45, 7) is 3.72. The SMILES string of the molecule is Cc1nc2ccccc2c(=O)n1CC(=O)N[C@@H](C)CCc1ccccc1. The van der Waals surface area contributed by atoms with E-state index >= 15 is 0 Å². The summed E-state index contributed by atoms with van der Waals surface area (Å²) in [4.78, 5) is 29.4. The van der Waals surface area contributed by atoms with Gasteiger partial charge < -0.3 is 5.32 Å². The predicted octanol–water partition coefficient (Wildman–Crippen LogP) is 2.84. The minimum Gasteiger partial charge on any atom is -0.352 e. The van der Waals surface area contributed by atoms with Crippen LogP contribution in [-0.4, -0.2) is 21.5 Å². The largest absolute Gasteiger partial charge is 0.352 e. The van der Waals surface area contributed by atoms with Gasteiger partial charge in [-0.3, -0.25) is 14.2 Å². The highest BCUT2D eigenvalue weighted by atomic mass is 16.2. The van der Waals surface area contributed by atoms with Crippen LogP contribution in [0.3, 0.4) is 0 Å². The molecule has 1 atom stereocenters. The molecule has 3 aromatic rings. The van der Waals surface area contributed by atoms with E-state index in [2.05, 4.69) is 22.4 Å². The lowest BCUT2D eigenvalue weighted by molar-refractivity contribution is -0.122. The minimum atomic E-state index is -0.180. The summed E-state index contributed by atoms with van der Waals surface area (Å²) < 4.78 is 1.43. The van der Waals surface area contributed by atoms with Gasteiger partial charge >= 0.3 is 0 Å². The molecule has 0 radical (unpaired) electrons. The first-order valence-corrected chi connectivity index (χ1v) is 8.84. The second-order valence-corrected chi connectivity index (χ2v) is 6.56. The molecule has 1 amide bonds. The minimum absolute atomic E-state index is 0.0157. The summed E-state index contributed by atoms with van der Waals surface area (Å²) in [5, 5.41) is 3.51. The number of hydrogen-bond acceptors (Lipinski definition) is 3. The first-order valence-electron chi connectivity index (χ1n) is 8.84. The van der Waals surface area contributed by atoms with Crippen LogP contribution in [0.25, 0.3) is 10.9 Å². The number of nitrogens with zero attached hydrogens (tertiary/aromatic N) is 2. The molecule has 0 bridgehead atoms. The number of aromatic nitrogens is 2. The van der Waals surface area contributed by atoms with Crippen LogP contribution < -0.4 is 10.9 Å². The lowest BCUT2D eigenvalue weighted by atomic mass is 10.1. The van der Waals surface area contributed by atoms with Crippen molar-refractivity contribution < 1.29 is 4.79 Å². The molecular weight excluding hydrogens is 326 g/mol. The number of aryl methyl sites for hydroxylation is 2. The maximum Gasteiger partial charge on any atom is 0.261 e. The highest BCUT2D eigenvalue weighted by molar-refractivity contribution is 5.79. The molecule has 1 aromatic heterocycles. The number of para-hydroxylation sites is 1. The maximum atomic E-state index is 12.6. The van der Waals surface area contributed by atoms with E-state index in [9.17, 15) is 9.59 Å². The van der Waals surface area contributed by atoms with Gasteiger partial charge in [0.2, 0.25) is 5.91 Å². The average molecular weight is 349 g/mol. The van der Waals surface area contributed by atoms with Gasteiger partial charge in [-0.25, -0.2) is 4.98 Å². The molecule has 0 unspecified atom stereocenters. The third kappa shape index (κ3) is 4.17. The molecule has 0 fully saturated rings. The van der Waals surface area contributed by atoms with Crippen LogP contribution in [0.15, 0.2) is 59.4 Å². The van der Waals surface area contributed by atoms with Crippen LogP contribution in [0.1, 0.15) is 24.7 Å². The highest BCUT2D eigenvalue weighted by Crippen LogP contribution is 2.08. The van der Waals surface area contributed by atoms with E-state index in [1.807, 2.05) is 31.2 Å². The van der Waals surface area contributed by atoms with E-state index < -0.39 is 0 Å². The highest BCUT2D eigenvalue weighted by Gasteiger charge is 2.13. The van der Waals surface area contributed by atoms with E-state index in [1.54, 1.807) is 25.1 Å². The fraction of sp³-hybridized carbons (Fsp3) is 0.286. The van der Waals surface area contributed by atoms with Crippen molar-refractivity contribution in [3.8, 4) is 0 Å². The van der Waals surface area contributed by atoms with E-state index in [4.69, 9.17) is 0 Å². The first-order chi connectivity index (χ1) is 12.5. The van der Waals surface area contributed by atoms with Crippen molar-refractivity contribution in [3.05, 3.63) is 76.3 Å². The van der Waals surface area contributed by atoms with Crippen LogP contribution in [-0.2, 0) is 17.8 Å². The summed E-state index contributed by atoms with van der Waals surface area (Å²) >= 11 is 0. The average Bonchev–Trinajstić information content (AvgIpc) is 2.64. The molecule has 0 aliphatic rings. The lowest BCUT2D eigenvalue weighted by Gasteiger charge is -2.16. The Kier molecular flexibility index (Phi) is 5.46. The normalized spacial score (nSPS) is 12.1. The molecule has 1 N–H and O–H groups in total. The predicted molar refractivity (Wildman–Crippen MR) is 103 cm³/mol. The molecule has 0 saturated carbocycles. The Morgan fingerprint density at radius 2 is 1.81 bits per heavy atom. The van der Waals surface area contributed by atoms with Crippen LogP contribution in [0.5, 0.6) is 0 Å². The number of fused-ring (bicyclic) bond motifs is 1. The van der Waals surface area contributed by atoms with Crippen LogP contribution in [0.2, 0.25) is 0 Å². The third-order valence-electron chi connectivity index (χ3n) is 4.47. The number of rotatable bonds is 6. The van der Waals surface area contributed by atoms with Gasteiger partial charge in [0.15, 0.2) is 0 Å². The zero-order chi connectivity index (χ0) is 18.5. The molecule has 0 saturated heterocycles. The molecule has 1 heterocycles. The van der Waals surface area contributed by atoms with Gasteiger partial charge in [-0.05, 0) is 44.4 Å². The molecule has 5 heteroatoms. The fourth-order valence-electron chi connectivity index (χ4n) is 3.03. The van der Waals surface area contributed by atoms with E-state index in [1.165, 1.54) is 10.1 Å². The van der Waals surface area contributed by atoms with E-state index in [-0.39, 0.29) is 24.1 Å². The quantitative estimate of drug-likeness (QED) is 0.744. The van der Waals surface area contributed by atoms with Gasteiger partial charge in [-0.15, -0.1) is 0 Å². The van der Waals surface area contributed by atoms with Gasteiger partial charge in [0.25, 0.3) is 5.56 Å². The molecule has 26 heavy (non-hydrogen) atoms. The van der Waals surface area contributed by atoms with Crippen LogP contribution in [0.4, 0.5) is 0 Å². The van der Waals surface area contributed by atoms with Crippen molar-refractivity contribution in [2.45, 2.75) is 39.3 Å². The monoisotopic (exact) mass is 349 g/mol. The molecule has 5 nitrogen and oxygen atoms in total. The van der Waals surface area contributed by atoms with Gasteiger partial charge in [-0.2, -0.15) is 0 Å². The number of amides is 1. The molecule has 0 spiro atoms. The van der Waals surface area contributed by atoms with Gasteiger partial charge in [0, 0.05) is 6.04 Å². The van der Waals surface area contributed by atoms with Gasteiger partial charge in [0.1, 0.15) is 12.4 Å². The second kappa shape index (κ2) is 7.95. The Morgan fingerprint density at radius 3 is 2.58 bits per heavy atom. The molecule has 3 rings (SSSR count). The number of benzene rings is 2. The number of hydrogen-bond donors (Lipinski definition) is 1. The van der Waals surface area contributed by atoms with Gasteiger partial charge in [0.05, 0.1) is 10.9 Å². The van der Waals surface area contributed by atoms with E-state index in [0.717, 1.165) is 12.8 Å². The van der Waals surface area contributed by atoms with Crippen molar-refractivity contribution in [2.75, 3.05) is 0 Å². The van der Waals surface area contributed by atoms with E-state index in [0.29, 0.717) is 16.7 Å². The summed E-state index contributed by atoms with van der Waals surface area (Å²) in [5.74, 6) is 0.369. The summed E-state index contributed by atoms with van der Waals surface area (Å²) in [6.07, 6.45) is 1.75. The van der Waals surface area contributed by atoms with Crippen molar-refractivity contribution in [2.24, 2.45) is 0 Å². The van der Waals surface area contributed by atoms with Crippen molar-refractivity contribution >= 4 is 16.8 Å². The molecule has 0 aliphatic heterocycles. The van der Waals surface area contributed by atoms with Gasteiger partial charge in [-0.1, -0.05) is 42.5 Å². The summed E-state index contributed by atoms with van der Waals surface area (Å²) in [7, 11) is 0. The summed E-state index contributed by atoms with van der Waals surface area (Å²) in [5.41, 5.74) is 1.72. The summed E-state index contributed by atoms with van der Waals surface area (Å²) in [6, 6.07) is 17.4. The molecular formula is C21H23N3O2. The van der Waals surface area contributed by atoms with Crippen molar-refractivity contribution in [1.29, 1.82) is 0 Å². The zero-order valence-corrected chi connectivity index (χ0v) is 15.1. The van der Waals surface area contributed by atoms with Crippen molar-refractivity contribution in [3.63, 3.8) is 0 Å². The third-order valence-corrected chi connectivity index (χ3v) is 4.47. The Morgan fingerprint density at radius 1 is 1.12 bits per heavy atom. The lowest BCUT2D eigenvalue weighted by Crippen LogP contribution is -2.38. The van der Waals surface area contributed by atoms with Crippen LogP contribution >= 0.6 is 0 Å². The number of carbonyl (C=O) groups is 1. The zero-order valence-electron chi connectivity index (χ0n) is 15.1. The Labute approximate surface area is 152 Å². The Balaban J connectivity index is 1.64. The molecule has 134 valence electrons. The van der Waals surface area contributed by atoms with Crippen molar-refractivity contribution in [1.82, 2.24) is 14.9 Å². The topological polar surface area (TPSA) is 64.0 Å². The molecule has 0 aliphatic carbocycles. The number of nitrogens with one attached hydrogen (secondary N) is 1. The Bertz CT molecular complexity index is 964.